The van der Waals surface area contributed by atoms with E-state index in [9.17, 15) is 5.11 Å². The van der Waals surface area contributed by atoms with Crippen molar-refractivity contribution in [2.75, 3.05) is 13.7 Å². The highest BCUT2D eigenvalue weighted by Gasteiger charge is 2.59. The first-order valence-electron chi connectivity index (χ1n) is 6.63. The van der Waals surface area contributed by atoms with Crippen LogP contribution in [0.3, 0.4) is 0 Å². The van der Waals surface area contributed by atoms with Crippen molar-refractivity contribution in [1.29, 1.82) is 0 Å². The average molecular weight is 242 g/mol. The molecule has 0 amide bonds. The zero-order valence-electron chi connectivity index (χ0n) is 11.7. The molecule has 0 bridgehead atoms. The van der Waals surface area contributed by atoms with Gasteiger partial charge >= 0.3 is 0 Å². The minimum absolute atomic E-state index is 0.148. The van der Waals surface area contributed by atoms with Crippen molar-refractivity contribution in [3.63, 3.8) is 0 Å². The molecule has 0 spiro atoms. The van der Waals surface area contributed by atoms with Crippen molar-refractivity contribution in [1.82, 2.24) is 0 Å². The van der Waals surface area contributed by atoms with Gasteiger partial charge < -0.3 is 14.6 Å². The topological polar surface area (TPSA) is 38.7 Å². The van der Waals surface area contributed by atoms with E-state index >= 15 is 0 Å². The van der Waals surface area contributed by atoms with E-state index in [4.69, 9.17) is 9.47 Å². The molecule has 0 aromatic carbocycles. The van der Waals surface area contributed by atoms with Gasteiger partial charge in [-0.25, -0.2) is 0 Å². The summed E-state index contributed by atoms with van der Waals surface area (Å²) in [5.74, 6) is 0.543. The molecule has 2 aliphatic rings. The van der Waals surface area contributed by atoms with Gasteiger partial charge in [0.05, 0.1) is 23.4 Å². The molecule has 1 saturated carbocycles. The summed E-state index contributed by atoms with van der Waals surface area (Å²) >= 11 is 0. The Morgan fingerprint density at radius 2 is 1.88 bits per heavy atom. The maximum Gasteiger partial charge on any atom is 0.0964 e. The van der Waals surface area contributed by atoms with E-state index in [1.54, 1.807) is 7.11 Å². The second-order valence-corrected chi connectivity index (χ2v) is 6.92. The Labute approximate surface area is 104 Å². The van der Waals surface area contributed by atoms with Crippen LogP contribution >= 0.6 is 0 Å². The smallest absolute Gasteiger partial charge is 0.0964 e. The molecule has 3 nitrogen and oxygen atoms in total. The number of aliphatic hydroxyl groups is 1. The van der Waals surface area contributed by atoms with E-state index < -0.39 is 5.60 Å². The van der Waals surface area contributed by atoms with Crippen LogP contribution in [0.4, 0.5) is 0 Å². The van der Waals surface area contributed by atoms with Gasteiger partial charge in [-0.05, 0) is 52.9 Å². The summed E-state index contributed by atoms with van der Waals surface area (Å²) in [7, 11) is 1.67. The van der Waals surface area contributed by atoms with Gasteiger partial charge in [-0.2, -0.15) is 0 Å². The summed E-state index contributed by atoms with van der Waals surface area (Å²) in [5, 5.41) is 11.0. The van der Waals surface area contributed by atoms with Crippen molar-refractivity contribution in [3.8, 4) is 0 Å². The second-order valence-electron chi connectivity index (χ2n) is 6.92. The number of rotatable bonds is 4. The minimum Gasteiger partial charge on any atom is -0.387 e. The van der Waals surface area contributed by atoms with Gasteiger partial charge in [-0.1, -0.05) is 0 Å². The molecule has 1 aliphatic heterocycles. The molecule has 0 aromatic rings. The molecular formula is C14H26O3. The van der Waals surface area contributed by atoms with Crippen LogP contribution < -0.4 is 0 Å². The molecule has 100 valence electrons. The van der Waals surface area contributed by atoms with Crippen LogP contribution in [0, 0.1) is 11.8 Å². The first-order valence-corrected chi connectivity index (χ1v) is 6.63. The molecule has 3 heteroatoms. The molecule has 1 heterocycles. The normalized spacial score (nSPS) is 34.6. The summed E-state index contributed by atoms with van der Waals surface area (Å²) in [6.07, 6.45) is 3.14. The third kappa shape index (κ3) is 2.38. The van der Waals surface area contributed by atoms with Crippen LogP contribution in [0.5, 0.6) is 0 Å². The van der Waals surface area contributed by atoms with Crippen molar-refractivity contribution in [3.05, 3.63) is 0 Å². The first kappa shape index (κ1) is 13.3. The van der Waals surface area contributed by atoms with Gasteiger partial charge in [0.25, 0.3) is 0 Å². The Morgan fingerprint density at radius 3 is 2.24 bits per heavy atom. The summed E-state index contributed by atoms with van der Waals surface area (Å²) < 4.78 is 11.4. The highest BCUT2D eigenvalue weighted by atomic mass is 16.5. The zero-order valence-corrected chi connectivity index (χ0v) is 11.7. The van der Waals surface area contributed by atoms with Crippen LogP contribution in [-0.4, -0.2) is 35.6 Å². The number of hydrogen-bond donors (Lipinski definition) is 1. The molecular weight excluding hydrogens is 216 g/mol. The molecule has 2 fully saturated rings. The van der Waals surface area contributed by atoms with E-state index in [0.29, 0.717) is 12.5 Å². The molecule has 0 radical (unpaired) electrons. The van der Waals surface area contributed by atoms with Crippen LogP contribution in [0.15, 0.2) is 0 Å². The molecule has 1 aliphatic carbocycles. The number of methoxy groups -OCH3 is 1. The molecule has 2 rings (SSSR count). The summed E-state index contributed by atoms with van der Waals surface area (Å²) in [6.45, 7) is 8.82. The van der Waals surface area contributed by atoms with Gasteiger partial charge in [0, 0.05) is 13.0 Å². The van der Waals surface area contributed by atoms with Gasteiger partial charge in [0.2, 0.25) is 0 Å². The second kappa shape index (κ2) is 3.94. The Bertz CT molecular complexity index is 294. The molecule has 1 N–H and O–H groups in total. The standard InChI is InChI=1S/C14H26O3/c1-12(2)8-11(13(3,4)17-12)14(15,9-16-5)10-6-7-10/h10-11,15H,6-9H2,1-5H3. The molecule has 2 unspecified atom stereocenters. The summed E-state index contributed by atoms with van der Waals surface area (Å²) in [6, 6.07) is 0. The molecule has 17 heavy (non-hydrogen) atoms. The Balaban J connectivity index is 2.24. The van der Waals surface area contributed by atoms with Crippen LogP contribution in [-0.2, 0) is 9.47 Å². The Morgan fingerprint density at radius 1 is 1.29 bits per heavy atom. The van der Waals surface area contributed by atoms with Gasteiger partial charge in [-0.3, -0.25) is 0 Å². The first-order chi connectivity index (χ1) is 7.71. The van der Waals surface area contributed by atoms with Crippen molar-refractivity contribution in [2.45, 2.75) is 63.8 Å². The van der Waals surface area contributed by atoms with Gasteiger partial charge in [-0.15, -0.1) is 0 Å². The highest BCUT2D eigenvalue weighted by molar-refractivity contribution is 5.09. The fourth-order valence-corrected chi connectivity index (χ4v) is 3.66. The van der Waals surface area contributed by atoms with Crippen LogP contribution in [0.2, 0.25) is 0 Å². The molecule has 2 atom stereocenters. The van der Waals surface area contributed by atoms with Gasteiger partial charge in [0.15, 0.2) is 0 Å². The summed E-state index contributed by atoms with van der Waals surface area (Å²) in [5.41, 5.74) is -1.14. The molecule has 1 saturated heterocycles. The maximum atomic E-state index is 11.0. The lowest BCUT2D eigenvalue weighted by atomic mass is 9.72. The largest absolute Gasteiger partial charge is 0.387 e. The van der Waals surface area contributed by atoms with E-state index in [2.05, 4.69) is 27.7 Å². The lowest BCUT2D eigenvalue weighted by molar-refractivity contribution is -0.141. The minimum atomic E-state index is -0.716. The summed E-state index contributed by atoms with van der Waals surface area (Å²) in [4.78, 5) is 0. The Hall–Kier alpha value is -0.120. The fraction of sp³-hybridized carbons (Fsp3) is 1.00. The SMILES string of the molecule is COCC(O)(C1CC1)C1CC(C)(C)OC1(C)C. The van der Waals surface area contributed by atoms with E-state index in [1.807, 2.05) is 0 Å². The van der Waals surface area contributed by atoms with E-state index in [0.717, 1.165) is 19.3 Å². The third-order valence-electron chi connectivity index (χ3n) is 4.34. The lowest BCUT2D eigenvalue weighted by Crippen LogP contribution is -2.51. The third-order valence-corrected chi connectivity index (χ3v) is 4.34. The van der Waals surface area contributed by atoms with E-state index in [-0.39, 0.29) is 17.1 Å². The van der Waals surface area contributed by atoms with E-state index in [1.165, 1.54) is 0 Å². The predicted octanol–water partition coefficient (Wildman–Crippen LogP) is 2.37. The predicted molar refractivity (Wildman–Crippen MR) is 66.9 cm³/mol. The fourth-order valence-electron chi connectivity index (χ4n) is 3.66. The highest BCUT2D eigenvalue weighted by Crippen LogP contribution is 2.54. The Kier molecular flexibility index (Phi) is 3.08. The lowest BCUT2D eigenvalue weighted by Gasteiger charge is -2.40. The number of ether oxygens (including phenoxy) is 2. The zero-order chi connectivity index (χ0) is 12.9. The maximum absolute atomic E-state index is 11.0. The van der Waals surface area contributed by atoms with Crippen molar-refractivity contribution < 1.29 is 14.6 Å². The number of hydrogen-bond acceptors (Lipinski definition) is 3. The average Bonchev–Trinajstić information content (AvgIpc) is 2.92. The molecule has 0 aromatic heterocycles. The van der Waals surface area contributed by atoms with Crippen LogP contribution in [0.25, 0.3) is 0 Å². The van der Waals surface area contributed by atoms with Crippen LogP contribution in [0.1, 0.15) is 47.0 Å². The van der Waals surface area contributed by atoms with Crippen molar-refractivity contribution in [2.24, 2.45) is 11.8 Å². The quantitative estimate of drug-likeness (QED) is 0.822. The van der Waals surface area contributed by atoms with Crippen molar-refractivity contribution >= 4 is 0 Å². The van der Waals surface area contributed by atoms with Gasteiger partial charge in [0.1, 0.15) is 0 Å². The monoisotopic (exact) mass is 242 g/mol.